The van der Waals surface area contributed by atoms with Crippen LogP contribution in [0, 0.1) is 11.3 Å². The molecule has 0 fully saturated rings. The van der Waals surface area contributed by atoms with Crippen molar-refractivity contribution in [3.63, 3.8) is 0 Å². The minimum Gasteiger partial charge on any atom is -0.361 e. The van der Waals surface area contributed by atoms with Crippen LogP contribution in [0.5, 0.6) is 0 Å². The number of hydrogen-bond donors (Lipinski definition) is 1. The van der Waals surface area contributed by atoms with Gasteiger partial charge in [0.15, 0.2) is 0 Å². The summed E-state index contributed by atoms with van der Waals surface area (Å²) in [5.41, 5.74) is 7.72. The molecule has 0 saturated heterocycles. The fourth-order valence-electron chi connectivity index (χ4n) is 4.24. The molecule has 6 heteroatoms. The number of nitriles is 1. The molecule has 0 atom stereocenters. The Balaban J connectivity index is 1.57. The number of benzene rings is 3. The predicted molar refractivity (Wildman–Crippen MR) is 128 cm³/mol. The number of H-pyrrole nitrogens is 1. The molecule has 0 aliphatic carbocycles. The fraction of sp³-hybridized carbons (Fsp3) is 0.0385. The highest BCUT2D eigenvalue weighted by Crippen LogP contribution is 2.33. The van der Waals surface area contributed by atoms with Gasteiger partial charge in [0.2, 0.25) is 0 Å². The quantitative estimate of drug-likeness (QED) is 0.349. The zero-order chi connectivity index (χ0) is 21.7. The average molecular weight is 434 g/mol. The van der Waals surface area contributed by atoms with Gasteiger partial charge in [-0.1, -0.05) is 29.8 Å². The SMILES string of the molecule is N#CCc1ccc(-n2cnc3cnc4ccc(-c5ccc6[nH]ccc6c5)cc4c32)c(Cl)c1. The van der Waals surface area contributed by atoms with Gasteiger partial charge >= 0.3 is 0 Å². The molecule has 0 spiro atoms. The molecule has 0 radical (unpaired) electrons. The van der Waals surface area contributed by atoms with Crippen molar-refractivity contribution >= 4 is 44.4 Å². The van der Waals surface area contributed by atoms with E-state index < -0.39 is 0 Å². The second-order valence-corrected chi connectivity index (χ2v) is 8.15. The molecular weight excluding hydrogens is 418 g/mol. The Hall–Kier alpha value is -4.14. The van der Waals surface area contributed by atoms with E-state index in [1.165, 1.54) is 5.39 Å². The van der Waals surface area contributed by atoms with Crippen LogP contribution in [-0.4, -0.2) is 19.5 Å². The monoisotopic (exact) mass is 433 g/mol. The summed E-state index contributed by atoms with van der Waals surface area (Å²) < 4.78 is 2.00. The Bertz CT molecular complexity index is 1690. The Morgan fingerprint density at radius 2 is 1.81 bits per heavy atom. The van der Waals surface area contributed by atoms with Gasteiger partial charge in [-0.15, -0.1) is 0 Å². The third-order valence-corrected chi connectivity index (χ3v) is 6.12. The Labute approximate surface area is 188 Å². The van der Waals surface area contributed by atoms with Gasteiger partial charge in [0, 0.05) is 17.1 Å². The molecule has 0 bridgehead atoms. The molecule has 0 unspecified atom stereocenters. The lowest BCUT2D eigenvalue weighted by molar-refractivity contribution is 1.09. The van der Waals surface area contributed by atoms with Crippen LogP contribution < -0.4 is 0 Å². The van der Waals surface area contributed by atoms with Gasteiger partial charge in [-0.2, -0.15) is 5.26 Å². The third kappa shape index (κ3) is 2.93. The number of hydrogen-bond acceptors (Lipinski definition) is 3. The summed E-state index contributed by atoms with van der Waals surface area (Å²) >= 11 is 6.60. The minimum absolute atomic E-state index is 0.326. The molecule has 1 N–H and O–H groups in total. The zero-order valence-corrected chi connectivity index (χ0v) is 17.6. The van der Waals surface area contributed by atoms with Gasteiger partial charge in [-0.3, -0.25) is 9.55 Å². The van der Waals surface area contributed by atoms with E-state index in [2.05, 4.69) is 57.4 Å². The van der Waals surface area contributed by atoms with Crippen LogP contribution in [0.2, 0.25) is 5.02 Å². The summed E-state index contributed by atoms with van der Waals surface area (Å²) in [6.45, 7) is 0. The minimum atomic E-state index is 0.326. The van der Waals surface area contributed by atoms with Gasteiger partial charge < -0.3 is 4.98 Å². The van der Waals surface area contributed by atoms with Gasteiger partial charge in [0.25, 0.3) is 0 Å². The summed E-state index contributed by atoms with van der Waals surface area (Å²) in [6.07, 6.45) is 5.84. The molecule has 5 nitrogen and oxygen atoms in total. The lowest BCUT2D eigenvalue weighted by Gasteiger charge is -2.11. The molecule has 32 heavy (non-hydrogen) atoms. The molecule has 3 aromatic heterocycles. The molecular formula is C26H16ClN5. The van der Waals surface area contributed by atoms with Gasteiger partial charge in [0.1, 0.15) is 11.8 Å². The normalized spacial score (nSPS) is 11.4. The first-order valence-corrected chi connectivity index (χ1v) is 10.6. The molecule has 0 aliphatic rings. The number of nitrogens with one attached hydrogen (secondary N) is 1. The molecule has 152 valence electrons. The van der Waals surface area contributed by atoms with Gasteiger partial charge in [-0.05, 0) is 64.5 Å². The van der Waals surface area contributed by atoms with E-state index in [1.807, 2.05) is 35.0 Å². The summed E-state index contributed by atoms with van der Waals surface area (Å²) in [4.78, 5) is 12.4. The van der Waals surface area contributed by atoms with Crippen LogP contribution >= 0.6 is 11.6 Å². The van der Waals surface area contributed by atoms with Crippen molar-refractivity contribution < 1.29 is 0 Å². The largest absolute Gasteiger partial charge is 0.361 e. The lowest BCUT2D eigenvalue weighted by Crippen LogP contribution is -1.96. The van der Waals surface area contributed by atoms with Crippen molar-refractivity contribution in [2.75, 3.05) is 0 Å². The van der Waals surface area contributed by atoms with E-state index in [9.17, 15) is 0 Å². The van der Waals surface area contributed by atoms with Crippen molar-refractivity contribution in [1.82, 2.24) is 19.5 Å². The smallest absolute Gasteiger partial charge is 0.108 e. The molecule has 3 aromatic carbocycles. The molecule has 6 rings (SSSR count). The predicted octanol–water partition coefficient (Wildman–Crippen LogP) is 6.44. The Morgan fingerprint density at radius 1 is 0.938 bits per heavy atom. The Kier molecular flexibility index (Phi) is 4.20. The summed E-state index contributed by atoms with van der Waals surface area (Å²) in [7, 11) is 0. The number of fused-ring (bicyclic) bond motifs is 4. The fourth-order valence-corrected chi connectivity index (χ4v) is 4.53. The van der Waals surface area contributed by atoms with Crippen molar-refractivity contribution in [3.8, 4) is 22.9 Å². The van der Waals surface area contributed by atoms with Crippen LogP contribution in [0.15, 0.2) is 79.4 Å². The van der Waals surface area contributed by atoms with Crippen LogP contribution in [0.1, 0.15) is 5.56 Å². The maximum Gasteiger partial charge on any atom is 0.108 e. The van der Waals surface area contributed by atoms with E-state index in [-0.39, 0.29) is 0 Å². The Morgan fingerprint density at radius 3 is 2.69 bits per heavy atom. The molecule has 0 aliphatic heterocycles. The molecule has 3 heterocycles. The maximum absolute atomic E-state index is 8.97. The van der Waals surface area contributed by atoms with Crippen molar-refractivity contribution in [2.24, 2.45) is 0 Å². The number of rotatable bonds is 3. The van der Waals surface area contributed by atoms with Crippen LogP contribution in [0.4, 0.5) is 0 Å². The van der Waals surface area contributed by atoms with E-state index in [0.717, 1.165) is 49.8 Å². The first-order valence-electron chi connectivity index (χ1n) is 10.2. The standard InChI is InChI=1S/C26H16ClN5/c27-21-11-16(7-9-28)1-6-25(21)32-15-31-24-14-30-23-5-3-18(13-20(23)26(24)32)17-2-4-22-19(12-17)8-10-29-22/h1-6,8,10-15,29H,7H2. The lowest BCUT2D eigenvalue weighted by atomic mass is 10.0. The number of pyridine rings is 1. The first kappa shape index (κ1) is 18.6. The third-order valence-electron chi connectivity index (χ3n) is 5.81. The van der Waals surface area contributed by atoms with Crippen molar-refractivity contribution in [1.29, 1.82) is 5.26 Å². The van der Waals surface area contributed by atoms with Crippen LogP contribution in [0.3, 0.4) is 0 Å². The highest BCUT2D eigenvalue weighted by Gasteiger charge is 2.14. The number of imidazole rings is 1. The van der Waals surface area contributed by atoms with E-state index in [4.69, 9.17) is 16.9 Å². The second kappa shape index (κ2) is 7.23. The number of halogens is 1. The number of aromatic amines is 1. The zero-order valence-electron chi connectivity index (χ0n) is 16.9. The summed E-state index contributed by atoms with van der Waals surface area (Å²) in [5, 5.41) is 11.7. The van der Waals surface area contributed by atoms with Crippen molar-refractivity contribution in [3.05, 3.63) is 90.0 Å². The number of aromatic nitrogens is 4. The van der Waals surface area contributed by atoms with Gasteiger partial charge in [-0.25, -0.2) is 4.98 Å². The average Bonchev–Trinajstić information content (AvgIpc) is 3.46. The molecule has 6 aromatic rings. The first-order chi connectivity index (χ1) is 15.7. The van der Waals surface area contributed by atoms with E-state index in [1.54, 1.807) is 12.5 Å². The molecule has 0 saturated carbocycles. The van der Waals surface area contributed by atoms with Crippen molar-refractivity contribution in [2.45, 2.75) is 6.42 Å². The highest BCUT2D eigenvalue weighted by atomic mass is 35.5. The van der Waals surface area contributed by atoms with E-state index in [0.29, 0.717) is 11.4 Å². The molecule has 0 amide bonds. The maximum atomic E-state index is 8.97. The summed E-state index contributed by atoms with van der Waals surface area (Å²) in [6, 6.07) is 22.6. The van der Waals surface area contributed by atoms with Crippen LogP contribution in [-0.2, 0) is 6.42 Å². The second-order valence-electron chi connectivity index (χ2n) is 7.74. The van der Waals surface area contributed by atoms with Crippen LogP contribution in [0.25, 0.3) is 49.7 Å². The topological polar surface area (TPSA) is 70.3 Å². The summed E-state index contributed by atoms with van der Waals surface area (Å²) in [5.74, 6) is 0. The van der Waals surface area contributed by atoms with Gasteiger partial charge in [0.05, 0.1) is 40.4 Å². The highest BCUT2D eigenvalue weighted by molar-refractivity contribution is 6.32. The number of nitrogens with zero attached hydrogens (tertiary/aromatic N) is 4. The van der Waals surface area contributed by atoms with E-state index >= 15 is 0 Å².